The molecule has 138 valence electrons. The fraction of sp³-hybridized carbons (Fsp3) is 0.562. The number of halogens is 3. The van der Waals surface area contributed by atoms with E-state index in [1.807, 2.05) is 0 Å². The normalized spacial score (nSPS) is 25.3. The molecule has 0 unspecified atom stereocenters. The summed E-state index contributed by atoms with van der Waals surface area (Å²) in [5.41, 5.74) is 0. The van der Waals surface area contributed by atoms with E-state index in [1.54, 1.807) is 0 Å². The first-order valence-corrected chi connectivity index (χ1v) is 9.64. The summed E-state index contributed by atoms with van der Waals surface area (Å²) in [6.07, 6.45) is 0.866. The SMILES string of the molecule is O=C([C@@H]1C[C@H](F)CN1S(=O)(=O)c1ccc(F)cc1F)N1CCCCC1. The van der Waals surface area contributed by atoms with E-state index in [9.17, 15) is 26.4 Å². The van der Waals surface area contributed by atoms with Crippen molar-refractivity contribution in [1.82, 2.24) is 9.21 Å². The highest BCUT2D eigenvalue weighted by atomic mass is 32.2. The summed E-state index contributed by atoms with van der Waals surface area (Å²) in [6.45, 7) is 0.500. The van der Waals surface area contributed by atoms with Gasteiger partial charge in [0.05, 0.1) is 0 Å². The molecule has 0 spiro atoms. The number of nitrogens with zero attached hydrogens (tertiary/aromatic N) is 2. The molecule has 5 nitrogen and oxygen atoms in total. The lowest BCUT2D eigenvalue weighted by atomic mass is 10.1. The minimum absolute atomic E-state index is 0.253. The van der Waals surface area contributed by atoms with Gasteiger partial charge in [0.1, 0.15) is 28.7 Å². The molecule has 0 radical (unpaired) electrons. The molecule has 2 fully saturated rings. The first-order valence-electron chi connectivity index (χ1n) is 8.20. The number of carbonyl (C=O) groups excluding carboxylic acids is 1. The largest absolute Gasteiger partial charge is 0.341 e. The summed E-state index contributed by atoms with van der Waals surface area (Å²) in [7, 11) is -4.45. The van der Waals surface area contributed by atoms with Crippen LogP contribution in [0.15, 0.2) is 23.1 Å². The summed E-state index contributed by atoms with van der Waals surface area (Å²) < 4.78 is 67.1. The van der Waals surface area contributed by atoms with Gasteiger partial charge in [-0.05, 0) is 31.4 Å². The van der Waals surface area contributed by atoms with Crippen molar-refractivity contribution in [3.8, 4) is 0 Å². The summed E-state index contributed by atoms with van der Waals surface area (Å²) in [5.74, 6) is -2.63. The van der Waals surface area contributed by atoms with Gasteiger partial charge in [-0.25, -0.2) is 21.6 Å². The van der Waals surface area contributed by atoms with Gasteiger partial charge in [0.2, 0.25) is 15.9 Å². The van der Waals surface area contributed by atoms with Crippen molar-refractivity contribution in [3.05, 3.63) is 29.8 Å². The molecule has 2 heterocycles. The molecule has 9 heteroatoms. The Morgan fingerprint density at radius 2 is 1.80 bits per heavy atom. The number of likely N-dealkylation sites (tertiary alicyclic amines) is 1. The first kappa shape index (κ1) is 18.2. The molecule has 1 amide bonds. The number of sulfonamides is 1. The fourth-order valence-electron chi connectivity index (χ4n) is 3.38. The summed E-state index contributed by atoms with van der Waals surface area (Å²) in [6, 6.07) is 0.883. The van der Waals surface area contributed by atoms with Crippen LogP contribution in [-0.4, -0.2) is 55.4 Å². The van der Waals surface area contributed by atoms with Crippen LogP contribution in [0.3, 0.4) is 0 Å². The Hall–Kier alpha value is -1.61. The van der Waals surface area contributed by atoms with Gasteiger partial charge in [-0.3, -0.25) is 4.79 Å². The molecule has 0 saturated carbocycles. The van der Waals surface area contributed by atoms with Crippen LogP contribution >= 0.6 is 0 Å². The first-order chi connectivity index (χ1) is 11.8. The predicted octanol–water partition coefficient (Wildman–Crippen LogP) is 2.08. The van der Waals surface area contributed by atoms with Crippen molar-refractivity contribution < 1.29 is 26.4 Å². The lowest BCUT2D eigenvalue weighted by Crippen LogP contribution is -2.49. The Bertz CT molecular complexity index is 766. The van der Waals surface area contributed by atoms with Gasteiger partial charge in [-0.1, -0.05) is 0 Å². The van der Waals surface area contributed by atoms with Gasteiger partial charge in [0.15, 0.2) is 0 Å². The average molecular weight is 376 g/mol. The van der Waals surface area contributed by atoms with Crippen molar-refractivity contribution >= 4 is 15.9 Å². The number of amides is 1. The van der Waals surface area contributed by atoms with Crippen LogP contribution in [0.25, 0.3) is 0 Å². The van der Waals surface area contributed by atoms with Gasteiger partial charge in [-0.2, -0.15) is 4.31 Å². The maximum atomic E-state index is 13.9. The number of hydrogen-bond acceptors (Lipinski definition) is 3. The van der Waals surface area contributed by atoms with Crippen LogP contribution in [-0.2, 0) is 14.8 Å². The maximum absolute atomic E-state index is 13.9. The lowest BCUT2D eigenvalue weighted by molar-refractivity contribution is -0.135. The predicted molar refractivity (Wildman–Crippen MR) is 84.0 cm³/mol. The van der Waals surface area contributed by atoms with Crippen molar-refractivity contribution in [1.29, 1.82) is 0 Å². The van der Waals surface area contributed by atoms with Gasteiger partial charge >= 0.3 is 0 Å². The van der Waals surface area contributed by atoms with Crippen molar-refractivity contribution in [3.63, 3.8) is 0 Å². The molecule has 1 aromatic rings. The Morgan fingerprint density at radius 1 is 1.12 bits per heavy atom. The molecule has 2 aliphatic rings. The molecular formula is C16H19F3N2O3S. The lowest BCUT2D eigenvalue weighted by Gasteiger charge is -2.32. The Balaban J connectivity index is 1.91. The third-order valence-corrected chi connectivity index (χ3v) is 6.55. The summed E-state index contributed by atoms with van der Waals surface area (Å²) in [4.78, 5) is 13.5. The van der Waals surface area contributed by atoms with Crippen LogP contribution in [0.5, 0.6) is 0 Å². The Kier molecular flexibility index (Phi) is 5.06. The Morgan fingerprint density at radius 3 is 2.44 bits per heavy atom. The smallest absolute Gasteiger partial charge is 0.246 e. The minimum atomic E-state index is -4.45. The van der Waals surface area contributed by atoms with Crippen LogP contribution < -0.4 is 0 Å². The second-order valence-electron chi connectivity index (χ2n) is 6.38. The average Bonchev–Trinajstić information content (AvgIpc) is 2.97. The van der Waals surface area contributed by atoms with Gasteiger partial charge in [0, 0.05) is 32.1 Å². The van der Waals surface area contributed by atoms with E-state index in [1.165, 1.54) is 4.90 Å². The van der Waals surface area contributed by atoms with Crippen LogP contribution in [0.1, 0.15) is 25.7 Å². The second-order valence-corrected chi connectivity index (χ2v) is 8.24. The van der Waals surface area contributed by atoms with Crippen molar-refractivity contribution in [2.75, 3.05) is 19.6 Å². The number of piperidine rings is 1. The number of benzene rings is 1. The maximum Gasteiger partial charge on any atom is 0.246 e. The number of rotatable bonds is 3. The molecule has 2 saturated heterocycles. The van der Waals surface area contributed by atoms with Gasteiger partial charge < -0.3 is 4.90 Å². The number of alkyl halides is 1. The van der Waals surface area contributed by atoms with E-state index in [-0.39, 0.29) is 6.42 Å². The second kappa shape index (κ2) is 6.95. The molecule has 1 aromatic carbocycles. The highest BCUT2D eigenvalue weighted by Crippen LogP contribution is 2.31. The van der Waals surface area contributed by atoms with Crippen LogP contribution in [0, 0.1) is 11.6 Å². The summed E-state index contributed by atoms with van der Waals surface area (Å²) >= 11 is 0. The molecule has 0 N–H and O–H groups in total. The van der Waals surface area contributed by atoms with Crippen LogP contribution in [0.2, 0.25) is 0 Å². The van der Waals surface area contributed by atoms with E-state index >= 15 is 0 Å². The van der Waals surface area contributed by atoms with Crippen molar-refractivity contribution in [2.45, 2.75) is 42.8 Å². The summed E-state index contributed by atoms with van der Waals surface area (Å²) in [5, 5.41) is 0. The van der Waals surface area contributed by atoms with E-state index in [4.69, 9.17) is 0 Å². The molecule has 2 atom stereocenters. The zero-order valence-electron chi connectivity index (χ0n) is 13.5. The van der Waals surface area contributed by atoms with E-state index < -0.39 is 51.2 Å². The minimum Gasteiger partial charge on any atom is -0.341 e. The van der Waals surface area contributed by atoms with Crippen LogP contribution in [0.4, 0.5) is 13.2 Å². The molecule has 3 rings (SSSR count). The molecule has 0 aliphatic carbocycles. The topological polar surface area (TPSA) is 57.7 Å². The van der Waals surface area contributed by atoms with E-state index in [2.05, 4.69) is 0 Å². The Labute approximate surface area is 144 Å². The number of carbonyl (C=O) groups is 1. The molecule has 0 aromatic heterocycles. The standard InChI is InChI=1S/C16H19F3N2O3S/c17-11-4-5-15(13(19)8-11)25(23,24)21-10-12(18)9-14(21)16(22)20-6-2-1-3-7-20/h4-5,8,12,14H,1-3,6-7,9-10H2/t12-,14-/m0/s1. The molecule has 0 bridgehead atoms. The fourth-order valence-corrected chi connectivity index (χ4v) is 5.05. The zero-order valence-corrected chi connectivity index (χ0v) is 14.3. The molecule has 2 aliphatic heterocycles. The van der Waals surface area contributed by atoms with E-state index in [0.717, 1.165) is 31.4 Å². The molecule has 25 heavy (non-hydrogen) atoms. The van der Waals surface area contributed by atoms with Crippen molar-refractivity contribution in [2.24, 2.45) is 0 Å². The third-order valence-electron chi connectivity index (χ3n) is 4.64. The zero-order chi connectivity index (χ0) is 18.2. The monoisotopic (exact) mass is 376 g/mol. The highest BCUT2D eigenvalue weighted by molar-refractivity contribution is 7.89. The quantitative estimate of drug-likeness (QED) is 0.812. The third kappa shape index (κ3) is 3.52. The number of hydrogen-bond donors (Lipinski definition) is 0. The van der Waals surface area contributed by atoms with E-state index in [0.29, 0.717) is 23.5 Å². The molecular weight excluding hydrogens is 357 g/mol. The van der Waals surface area contributed by atoms with Gasteiger partial charge in [-0.15, -0.1) is 0 Å². The van der Waals surface area contributed by atoms with Gasteiger partial charge in [0.25, 0.3) is 0 Å². The highest BCUT2D eigenvalue weighted by Gasteiger charge is 2.46.